The van der Waals surface area contributed by atoms with E-state index in [1.165, 1.54) is 6.42 Å². The second-order valence-electron chi connectivity index (χ2n) is 6.18. The molecule has 4 nitrogen and oxygen atoms in total. The summed E-state index contributed by atoms with van der Waals surface area (Å²) in [6, 6.07) is 0. The van der Waals surface area contributed by atoms with E-state index in [4.69, 9.17) is 0 Å². The first-order valence-electron chi connectivity index (χ1n) is 7.65. The molecule has 1 aliphatic carbocycles. The van der Waals surface area contributed by atoms with Gasteiger partial charge < -0.3 is 10.2 Å². The number of nitrogens with zero attached hydrogens (tertiary/aromatic N) is 1. The lowest BCUT2D eigenvalue weighted by molar-refractivity contribution is -0.164. The number of carbonyl (C=O) groups excluding carboxylic acids is 2. The fourth-order valence-electron chi connectivity index (χ4n) is 3.43. The molecule has 19 heavy (non-hydrogen) atoms. The van der Waals surface area contributed by atoms with Gasteiger partial charge in [-0.1, -0.05) is 33.1 Å². The van der Waals surface area contributed by atoms with Crippen LogP contribution in [0.4, 0.5) is 0 Å². The maximum absolute atomic E-state index is 12.9. The SMILES string of the molecule is CCCN1C(=O)C2(CCCCC2)NC(=O)C1(C)CC. The molecule has 0 bridgehead atoms. The lowest BCUT2D eigenvalue weighted by atomic mass is 9.76. The van der Waals surface area contributed by atoms with Crippen molar-refractivity contribution < 1.29 is 9.59 Å². The van der Waals surface area contributed by atoms with Crippen LogP contribution in [-0.2, 0) is 9.59 Å². The standard InChI is InChI=1S/C15H26N2O2/c1-4-11-17-13(19)15(9-7-6-8-10-15)16-12(18)14(17,3)5-2/h4-11H2,1-3H3,(H,16,18). The molecule has 108 valence electrons. The third-order valence-electron chi connectivity index (χ3n) is 4.94. The summed E-state index contributed by atoms with van der Waals surface area (Å²) in [5.74, 6) is 0.183. The van der Waals surface area contributed by atoms with Crippen molar-refractivity contribution in [2.24, 2.45) is 0 Å². The number of nitrogens with one attached hydrogen (secondary N) is 1. The van der Waals surface area contributed by atoms with E-state index in [-0.39, 0.29) is 11.8 Å². The Hall–Kier alpha value is -1.06. The molecule has 2 fully saturated rings. The summed E-state index contributed by atoms with van der Waals surface area (Å²) < 4.78 is 0. The van der Waals surface area contributed by atoms with E-state index in [0.717, 1.165) is 32.1 Å². The second kappa shape index (κ2) is 5.14. The van der Waals surface area contributed by atoms with E-state index >= 15 is 0 Å². The highest BCUT2D eigenvalue weighted by Crippen LogP contribution is 2.37. The van der Waals surface area contributed by atoms with Gasteiger partial charge in [0.05, 0.1) is 0 Å². The van der Waals surface area contributed by atoms with Crippen molar-refractivity contribution in [3.05, 3.63) is 0 Å². The first-order chi connectivity index (χ1) is 9.00. The van der Waals surface area contributed by atoms with Gasteiger partial charge in [-0.15, -0.1) is 0 Å². The van der Waals surface area contributed by atoms with Crippen molar-refractivity contribution in [3.8, 4) is 0 Å². The summed E-state index contributed by atoms with van der Waals surface area (Å²) in [6.45, 7) is 6.61. The van der Waals surface area contributed by atoms with E-state index < -0.39 is 11.1 Å². The molecule has 1 aliphatic heterocycles. The van der Waals surface area contributed by atoms with Crippen LogP contribution in [0.25, 0.3) is 0 Å². The fourth-order valence-corrected chi connectivity index (χ4v) is 3.43. The van der Waals surface area contributed by atoms with Crippen LogP contribution in [0.1, 0.15) is 65.7 Å². The average molecular weight is 266 g/mol. The smallest absolute Gasteiger partial charge is 0.249 e. The van der Waals surface area contributed by atoms with Gasteiger partial charge >= 0.3 is 0 Å². The number of amides is 2. The molecule has 1 unspecified atom stereocenters. The molecule has 2 aliphatic rings. The molecule has 4 heteroatoms. The summed E-state index contributed by atoms with van der Waals surface area (Å²) in [4.78, 5) is 27.3. The zero-order valence-corrected chi connectivity index (χ0v) is 12.4. The molecule has 1 saturated heterocycles. The van der Waals surface area contributed by atoms with Crippen molar-refractivity contribution in [1.29, 1.82) is 0 Å². The minimum Gasteiger partial charge on any atom is -0.340 e. The van der Waals surface area contributed by atoms with Gasteiger partial charge in [0, 0.05) is 6.54 Å². The minimum absolute atomic E-state index is 0.0324. The van der Waals surface area contributed by atoms with Crippen molar-refractivity contribution in [2.75, 3.05) is 6.54 Å². The zero-order valence-electron chi connectivity index (χ0n) is 12.4. The summed E-state index contributed by atoms with van der Waals surface area (Å²) in [6.07, 6.45) is 6.41. The molecule has 1 spiro atoms. The Morgan fingerprint density at radius 1 is 1.16 bits per heavy atom. The molecule has 1 saturated carbocycles. The monoisotopic (exact) mass is 266 g/mol. The first kappa shape index (κ1) is 14.4. The van der Waals surface area contributed by atoms with Crippen LogP contribution in [-0.4, -0.2) is 34.3 Å². The summed E-state index contributed by atoms with van der Waals surface area (Å²) in [7, 11) is 0. The Labute approximate surface area is 115 Å². The summed E-state index contributed by atoms with van der Waals surface area (Å²) >= 11 is 0. The Balaban J connectivity index is 2.34. The van der Waals surface area contributed by atoms with Gasteiger partial charge in [0.1, 0.15) is 11.1 Å². The van der Waals surface area contributed by atoms with Gasteiger partial charge in [0.2, 0.25) is 11.8 Å². The van der Waals surface area contributed by atoms with E-state index in [9.17, 15) is 9.59 Å². The van der Waals surface area contributed by atoms with Crippen LogP contribution < -0.4 is 5.32 Å². The van der Waals surface area contributed by atoms with Gasteiger partial charge in [0.15, 0.2) is 0 Å². The van der Waals surface area contributed by atoms with Crippen LogP contribution in [0.3, 0.4) is 0 Å². The Bertz CT molecular complexity index is 374. The number of piperazine rings is 1. The Kier molecular flexibility index (Phi) is 3.88. The number of rotatable bonds is 3. The van der Waals surface area contributed by atoms with E-state index in [1.807, 2.05) is 18.7 Å². The molecule has 1 N–H and O–H groups in total. The lowest BCUT2D eigenvalue weighted by Crippen LogP contribution is -2.75. The molecule has 1 atom stereocenters. The van der Waals surface area contributed by atoms with Gasteiger partial charge in [0.25, 0.3) is 0 Å². The zero-order chi connectivity index (χ0) is 14.1. The molecule has 1 heterocycles. The first-order valence-corrected chi connectivity index (χ1v) is 7.65. The highest BCUT2D eigenvalue weighted by atomic mass is 16.2. The molecular formula is C15H26N2O2. The van der Waals surface area contributed by atoms with Crippen molar-refractivity contribution in [2.45, 2.75) is 76.8 Å². The van der Waals surface area contributed by atoms with Gasteiger partial charge in [-0.2, -0.15) is 0 Å². The molecule has 0 aromatic heterocycles. The molecular weight excluding hydrogens is 240 g/mol. The van der Waals surface area contributed by atoms with E-state index in [0.29, 0.717) is 13.0 Å². The van der Waals surface area contributed by atoms with Crippen molar-refractivity contribution >= 4 is 11.8 Å². The van der Waals surface area contributed by atoms with Crippen molar-refractivity contribution in [3.63, 3.8) is 0 Å². The van der Waals surface area contributed by atoms with Crippen molar-refractivity contribution in [1.82, 2.24) is 10.2 Å². The molecule has 0 radical (unpaired) electrons. The molecule has 2 amide bonds. The Morgan fingerprint density at radius 2 is 1.79 bits per heavy atom. The quantitative estimate of drug-likeness (QED) is 0.851. The summed E-state index contributed by atoms with van der Waals surface area (Å²) in [5, 5.41) is 3.08. The third kappa shape index (κ3) is 2.15. The van der Waals surface area contributed by atoms with Crippen LogP contribution >= 0.6 is 0 Å². The van der Waals surface area contributed by atoms with Gasteiger partial charge in [-0.05, 0) is 32.6 Å². The fraction of sp³-hybridized carbons (Fsp3) is 0.867. The number of hydrogen-bond donors (Lipinski definition) is 1. The average Bonchev–Trinajstić information content (AvgIpc) is 2.43. The van der Waals surface area contributed by atoms with Crippen LogP contribution in [0.15, 0.2) is 0 Å². The lowest BCUT2D eigenvalue weighted by Gasteiger charge is -2.52. The minimum atomic E-state index is -0.671. The predicted octanol–water partition coefficient (Wildman–Crippen LogP) is 2.23. The normalized spacial score (nSPS) is 30.6. The van der Waals surface area contributed by atoms with Crippen LogP contribution in [0.2, 0.25) is 0 Å². The highest BCUT2D eigenvalue weighted by molar-refractivity contribution is 6.02. The third-order valence-corrected chi connectivity index (χ3v) is 4.94. The maximum Gasteiger partial charge on any atom is 0.249 e. The van der Waals surface area contributed by atoms with Crippen LogP contribution in [0, 0.1) is 0 Å². The largest absolute Gasteiger partial charge is 0.340 e. The number of hydrogen-bond acceptors (Lipinski definition) is 2. The summed E-state index contributed by atoms with van der Waals surface area (Å²) in [5.41, 5.74) is -1.27. The number of carbonyl (C=O) groups is 2. The Morgan fingerprint density at radius 3 is 2.32 bits per heavy atom. The van der Waals surface area contributed by atoms with Gasteiger partial charge in [-0.25, -0.2) is 0 Å². The van der Waals surface area contributed by atoms with Gasteiger partial charge in [-0.3, -0.25) is 9.59 Å². The molecule has 0 aromatic carbocycles. The topological polar surface area (TPSA) is 49.4 Å². The predicted molar refractivity (Wildman–Crippen MR) is 74.7 cm³/mol. The second-order valence-corrected chi connectivity index (χ2v) is 6.18. The molecule has 2 rings (SSSR count). The van der Waals surface area contributed by atoms with E-state index in [2.05, 4.69) is 12.2 Å². The van der Waals surface area contributed by atoms with E-state index in [1.54, 1.807) is 0 Å². The highest BCUT2D eigenvalue weighted by Gasteiger charge is 2.55. The van der Waals surface area contributed by atoms with Crippen LogP contribution in [0.5, 0.6) is 0 Å². The molecule has 0 aromatic rings. The maximum atomic E-state index is 12.9.